The minimum atomic E-state index is 0.0675. The predicted molar refractivity (Wildman–Crippen MR) is 36.4 cm³/mol. The molecule has 40 valence electrons. The molecule has 0 aliphatic carbocycles. The molecule has 0 radical (unpaired) electrons. The molecule has 0 bridgehead atoms. The molecule has 1 aromatic heterocycles. The third-order valence-corrected chi connectivity index (χ3v) is 2.45. The van der Waals surface area contributed by atoms with Gasteiger partial charge in [-0.25, -0.2) is 0 Å². The van der Waals surface area contributed by atoms with Gasteiger partial charge in [-0.2, -0.15) is 0 Å². The molecule has 0 N–H and O–H groups in total. The highest BCUT2D eigenvalue weighted by Gasteiger charge is 1.89. The van der Waals surface area contributed by atoms with Crippen LogP contribution < -0.4 is 4.06 Å². The van der Waals surface area contributed by atoms with Crippen molar-refractivity contribution >= 4 is 22.7 Å². The van der Waals surface area contributed by atoms with E-state index in [0.29, 0.717) is 0 Å². The molecular weight excluding hydrogens is 140 g/mol. The largest absolute Gasteiger partial charge is 0.288 e. The molecule has 1 rings (SSSR count). The molecule has 0 atom stereocenters. The van der Waals surface area contributed by atoms with Crippen LogP contribution in [-0.2, 0) is 0 Å². The minimum Gasteiger partial charge on any atom is -0.265 e. The molecule has 0 saturated carbocycles. The summed E-state index contributed by atoms with van der Waals surface area (Å²) in [5, 5.41) is 1.69. The first kappa shape index (κ1) is 5.54. The van der Waals surface area contributed by atoms with Gasteiger partial charge < -0.3 is 0 Å². The van der Waals surface area contributed by atoms with Crippen LogP contribution in [0.25, 0.3) is 0 Å². The molecule has 1 heterocycles. The van der Waals surface area contributed by atoms with Crippen LogP contribution in [0.5, 0.6) is 0 Å². The molecule has 1 aromatic rings. The fraction of sp³-hybridized carbons (Fsp3) is 0. The smallest absolute Gasteiger partial charge is 0.265 e. The fourth-order valence-corrected chi connectivity index (χ4v) is 1.76. The highest BCUT2D eigenvalue weighted by Crippen LogP contribution is 2.03. The van der Waals surface area contributed by atoms with Gasteiger partial charge in [0.25, 0.3) is 4.06 Å². The van der Waals surface area contributed by atoms with Gasteiger partial charge in [0.1, 0.15) is 0 Å². The minimum absolute atomic E-state index is 0.0675. The molecule has 0 saturated heterocycles. The molecule has 0 amide bonds. The van der Waals surface area contributed by atoms with Crippen molar-refractivity contribution in [2.24, 2.45) is 0 Å². The van der Waals surface area contributed by atoms with Crippen LogP contribution >= 0.6 is 22.7 Å². The Labute approximate surface area is 54.6 Å². The summed E-state index contributed by atoms with van der Waals surface area (Å²) in [6.07, 6.45) is 4.99. The van der Waals surface area contributed by atoms with Crippen molar-refractivity contribution in [2.45, 2.75) is 0 Å². The Hall–Kier alpha value is -0.590. The van der Waals surface area contributed by atoms with Crippen molar-refractivity contribution in [2.75, 3.05) is 0 Å². The van der Waals surface area contributed by atoms with Crippen LogP contribution in [0.4, 0.5) is 0 Å². The second-order valence-corrected chi connectivity index (χ2v) is 3.21. The van der Waals surface area contributed by atoms with E-state index in [1.807, 2.05) is 0 Å². The number of terminal acetylenes is 1. The Kier molecular flexibility index (Phi) is 1.47. The van der Waals surface area contributed by atoms with Crippen LogP contribution in [0.3, 0.4) is 0 Å². The molecule has 0 aromatic carbocycles. The summed E-state index contributed by atoms with van der Waals surface area (Å²) < 4.78 is 0.0675. The van der Waals surface area contributed by atoms with Gasteiger partial charge in [0, 0.05) is 5.38 Å². The number of hydrogen-bond donors (Lipinski definition) is 0. The quantitative estimate of drug-likeness (QED) is 0.497. The Morgan fingerprint density at radius 1 is 1.75 bits per heavy atom. The van der Waals surface area contributed by atoms with Gasteiger partial charge in [-0.3, -0.25) is 4.79 Å². The zero-order chi connectivity index (χ0) is 5.98. The Morgan fingerprint density at radius 3 is 2.75 bits per heavy atom. The van der Waals surface area contributed by atoms with E-state index in [1.54, 1.807) is 5.38 Å². The van der Waals surface area contributed by atoms with Crippen molar-refractivity contribution in [1.82, 2.24) is 0 Å². The van der Waals surface area contributed by atoms with Gasteiger partial charge >= 0.3 is 0 Å². The molecule has 8 heavy (non-hydrogen) atoms. The molecule has 1 nitrogen and oxygen atoms in total. The monoisotopic (exact) mass is 142 g/mol. The third-order valence-electron chi connectivity index (χ3n) is 0.598. The second-order valence-electron chi connectivity index (χ2n) is 1.10. The van der Waals surface area contributed by atoms with Crippen LogP contribution in [0.2, 0.25) is 0 Å². The third kappa shape index (κ3) is 0.971. The lowest BCUT2D eigenvalue weighted by Gasteiger charge is -1.64. The van der Waals surface area contributed by atoms with Crippen molar-refractivity contribution in [3.8, 4) is 12.3 Å². The standard InChI is InChI=1S/C5H2OS2/c1-2-4-3-7-5(6)8-4/h1,3H. The highest BCUT2D eigenvalue weighted by atomic mass is 32.2. The van der Waals surface area contributed by atoms with E-state index >= 15 is 0 Å². The van der Waals surface area contributed by atoms with Gasteiger partial charge in [0.05, 0.1) is 4.88 Å². The van der Waals surface area contributed by atoms with Gasteiger partial charge in [0.2, 0.25) is 0 Å². The molecule has 0 aliphatic rings. The lowest BCUT2D eigenvalue weighted by molar-refractivity contribution is 2.12. The van der Waals surface area contributed by atoms with Gasteiger partial charge in [0.15, 0.2) is 0 Å². The van der Waals surface area contributed by atoms with E-state index in [9.17, 15) is 4.79 Å². The summed E-state index contributed by atoms with van der Waals surface area (Å²) in [7, 11) is 0. The maximum Gasteiger partial charge on any atom is 0.288 e. The molecular formula is C5H2OS2. The molecule has 0 spiro atoms. The molecule has 0 fully saturated rings. The molecule has 0 unspecified atom stereocenters. The Balaban J connectivity index is 3.25. The lowest BCUT2D eigenvalue weighted by Crippen LogP contribution is -1.73. The van der Waals surface area contributed by atoms with Crippen LogP contribution in [-0.4, -0.2) is 0 Å². The lowest BCUT2D eigenvalue weighted by atomic mass is 10.6. The summed E-state index contributed by atoms with van der Waals surface area (Å²) >= 11 is 2.26. The van der Waals surface area contributed by atoms with Gasteiger partial charge in [-0.1, -0.05) is 28.6 Å². The van der Waals surface area contributed by atoms with E-state index in [0.717, 1.165) is 27.6 Å². The number of hydrogen-bond acceptors (Lipinski definition) is 3. The fourth-order valence-electron chi connectivity index (χ4n) is 0.303. The average Bonchev–Trinajstić information content (AvgIpc) is 2.14. The summed E-state index contributed by atoms with van der Waals surface area (Å²) in [6.45, 7) is 0. The zero-order valence-electron chi connectivity index (χ0n) is 3.88. The Morgan fingerprint density at radius 2 is 2.50 bits per heavy atom. The molecule has 3 heteroatoms. The Bertz CT molecular complexity index is 262. The summed E-state index contributed by atoms with van der Waals surface area (Å²) in [5.74, 6) is 2.38. The van der Waals surface area contributed by atoms with E-state index in [2.05, 4.69) is 5.92 Å². The summed E-state index contributed by atoms with van der Waals surface area (Å²) in [5.41, 5.74) is 0. The number of rotatable bonds is 0. The van der Waals surface area contributed by atoms with E-state index in [-0.39, 0.29) is 4.06 Å². The maximum absolute atomic E-state index is 10.4. The molecule has 0 aliphatic heterocycles. The first-order chi connectivity index (χ1) is 3.83. The van der Waals surface area contributed by atoms with Crippen LogP contribution in [0, 0.1) is 12.3 Å². The van der Waals surface area contributed by atoms with Gasteiger partial charge in [-0.05, 0) is 0 Å². The first-order valence-electron chi connectivity index (χ1n) is 1.88. The second kappa shape index (κ2) is 2.12. The predicted octanol–water partition coefficient (Wildman–Crippen LogP) is 1.15. The maximum atomic E-state index is 10.4. The first-order valence-corrected chi connectivity index (χ1v) is 3.58. The zero-order valence-corrected chi connectivity index (χ0v) is 5.51. The SMILES string of the molecule is C#Cc1csc(=O)s1. The topological polar surface area (TPSA) is 17.1 Å². The van der Waals surface area contributed by atoms with Gasteiger partial charge in [-0.15, -0.1) is 6.42 Å². The van der Waals surface area contributed by atoms with E-state index < -0.39 is 0 Å². The van der Waals surface area contributed by atoms with Crippen LogP contribution in [0.1, 0.15) is 4.88 Å². The van der Waals surface area contributed by atoms with Crippen molar-refractivity contribution < 1.29 is 0 Å². The normalized spacial score (nSPS) is 8.38. The van der Waals surface area contributed by atoms with Crippen molar-refractivity contribution in [3.63, 3.8) is 0 Å². The van der Waals surface area contributed by atoms with E-state index in [1.165, 1.54) is 0 Å². The highest BCUT2D eigenvalue weighted by molar-refractivity contribution is 7.26. The van der Waals surface area contributed by atoms with Crippen LogP contribution in [0.15, 0.2) is 10.2 Å². The summed E-state index contributed by atoms with van der Waals surface area (Å²) in [4.78, 5) is 11.1. The van der Waals surface area contributed by atoms with Crippen molar-refractivity contribution in [3.05, 3.63) is 19.1 Å². The summed E-state index contributed by atoms with van der Waals surface area (Å²) in [6, 6.07) is 0. The van der Waals surface area contributed by atoms with Crippen molar-refractivity contribution in [1.29, 1.82) is 0 Å². The van der Waals surface area contributed by atoms with E-state index in [4.69, 9.17) is 6.42 Å². The average molecular weight is 142 g/mol.